The third kappa shape index (κ3) is 2.59. The van der Waals surface area contributed by atoms with Crippen LogP contribution < -0.4 is 0 Å². The Balaban J connectivity index is 2.39. The quantitative estimate of drug-likeness (QED) is 0.618. The average molecular weight is 250 g/mol. The van der Waals surface area contributed by atoms with Crippen molar-refractivity contribution in [1.29, 1.82) is 0 Å². The van der Waals surface area contributed by atoms with Gasteiger partial charge in [-0.15, -0.1) is 21.5 Å². The first-order valence-electron chi connectivity index (χ1n) is 4.94. The molecule has 0 N–H and O–H groups in total. The van der Waals surface area contributed by atoms with Crippen LogP contribution in [0.4, 0.5) is 0 Å². The number of aromatic nitrogens is 1. The largest absolute Gasteiger partial charge is 0.300 e. The Labute approximate surface area is 102 Å². The fourth-order valence-corrected chi connectivity index (χ4v) is 2.39. The Bertz CT molecular complexity index is 512. The predicted octanol–water partition coefficient (Wildman–Crippen LogP) is 2.75. The van der Waals surface area contributed by atoms with Gasteiger partial charge in [0, 0.05) is 0 Å². The van der Waals surface area contributed by atoms with Crippen LogP contribution in [0, 0.1) is 17.0 Å². The van der Waals surface area contributed by atoms with Crippen LogP contribution in [-0.4, -0.2) is 10.1 Å². The summed E-state index contributed by atoms with van der Waals surface area (Å²) in [5, 5.41) is 9.79. The third-order valence-corrected chi connectivity index (χ3v) is 3.29. The van der Waals surface area contributed by atoms with Crippen LogP contribution in [0.5, 0.6) is 0 Å². The zero-order chi connectivity index (χ0) is 12.3. The minimum absolute atomic E-state index is 0.696. The Morgan fingerprint density at radius 2 is 2.12 bits per heavy atom. The van der Waals surface area contributed by atoms with Crippen LogP contribution in [-0.2, 0) is 4.84 Å². The normalized spacial score (nSPS) is 12.1. The summed E-state index contributed by atoms with van der Waals surface area (Å²) in [6.45, 7) is 1.81. The maximum atomic E-state index is 10.6. The fraction of sp³-hybridized carbons (Fsp3) is 0.182. The summed E-state index contributed by atoms with van der Waals surface area (Å²) in [6.07, 6.45) is -0.696. The number of hydrogen-bond acceptors (Lipinski definition) is 5. The summed E-state index contributed by atoms with van der Waals surface area (Å²) in [6, 6.07) is 9.09. The lowest BCUT2D eigenvalue weighted by Gasteiger charge is -2.14. The SMILES string of the molecule is Cc1ncsc1C(O[N+](=O)[O-])c1ccccc1. The van der Waals surface area contributed by atoms with E-state index in [2.05, 4.69) is 4.98 Å². The van der Waals surface area contributed by atoms with Gasteiger partial charge >= 0.3 is 0 Å². The van der Waals surface area contributed by atoms with Crippen LogP contribution in [0.25, 0.3) is 0 Å². The lowest BCUT2D eigenvalue weighted by atomic mass is 10.1. The van der Waals surface area contributed by atoms with Gasteiger partial charge in [-0.2, -0.15) is 0 Å². The Kier molecular flexibility index (Phi) is 3.34. The number of rotatable bonds is 4. The van der Waals surface area contributed by atoms with Crippen molar-refractivity contribution in [2.45, 2.75) is 13.0 Å². The van der Waals surface area contributed by atoms with Gasteiger partial charge in [-0.3, -0.25) is 0 Å². The van der Waals surface area contributed by atoms with Crippen molar-refractivity contribution in [1.82, 2.24) is 4.98 Å². The second-order valence-corrected chi connectivity index (χ2v) is 4.31. The van der Waals surface area contributed by atoms with Gasteiger partial charge in [0.2, 0.25) is 0 Å². The molecule has 0 saturated carbocycles. The molecule has 2 rings (SSSR count). The third-order valence-electron chi connectivity index (χ3n) is 2.31. The molecule has 1 unspecified atom stereocenters. The highest BCUT2D eigenvalue weighted by Crippen LogP contribution is 2.30. The molecule has 17 heavy (non-hydrogen) atoms. The summed E-state index contributed by atoms with van der Waals surface area (Å²) < 4.78 is 0. The summed E-state index contributed by atoms with van der Waals surface area (Å²) >= 11 is 1.35. The summed E-state index contributed by atoms with van der Waals surface area (Å²) in [5.74, 6) is 0. The summed E-state index contributed by atoms with van der Waals surface area (Å²) in [5.41, 5.74) is 3.16. The van der Waals surface area contributed by atoms with Crippen LogP contribution in [0.3, 0.4) is 0 Å². The molecule has 0 spiro atoms. The zero-order valence-corrected chi connectivity index (χ0v) is 9.89. The molecule has 0 aliphatic heterocycles. The summed E-state index contributed by atoms with van der Waals surface area (Å²) in [7, 11) is 0. The highest BCUT2D eigenvalue weighted by atomic mass is 32.1. The van der Waals surface area contributed by atoms with E-state index in [0.717, 1.165) is 16.1 Å². The van der Waals surface area contributed by atoms with E-state index < -0.39 is 11.2 Å². The first-order valence-corrected chi connectivity index (χ1v) is 5.82. The number of nitrogens with zero attached hydrogens (tertiary/aromatic N) is 2. The molecule has 0 amide bonds. The van der Waals surface area contributed by atoms with Gasteiger partial charge in [-0.25, -0.2) is 4.98 Å². The molecule has 0 saturated heterocycles. The van der Waals surface area contributed by atoms with Gasteiger partial charge in [0.05, 0.1) is 16.1 Å². The van der Waals surface area contributed by atoms with E-state index in [4.69, 9.17) is 4.84 Å². The molecular weight excluding hydrogens is 240 g/mol. The van der Waals surface area contributed by atoms with Crippen molar-refractivity contribution < 1.29 is 9.92 Å². The van der Waals surface area contributed by atoms with Gasteiger partial charge in [0.1, 0.15) is 0 Å². The highest BCUT2D eigenvalue weighted by molar-refractivity contribution is 7.09. The minimum Gasteiger partial charge on any atom is -0.300 e. The van der Waals surface area contributed by atoms with Crippen molar-refractivity contribution >= 4 is 11.3 Å². The molecule has 1 heterocycles. The molecule has 0 fully saturated rings. The Morgan fingerprint density at radius 1 is 1.41 bits per heavy atom. The van der Waals surface area contributed by atoms with E-state index in [1.807, 2.05) is 25.1 Å². The summed E-state index contributed by atoms with van der Waals surface area (Å²) in [4.78, 5) is 20.2. The minimum atomic E-state index is -0.767. The lowest BCUT2D eigenvalue weighted by molar-refractivity contribution is -0.768. The fourth-order valence-electron chi connectivity index (χ4n) is 1.54. The van der Waals surface area contributed by atoms with Crippen LogP contribution in [0.15, 0.2) is 35.8 Å². The Morgan fingerprint density at radius 3 is 2.65 bits per heavy atom. The standard InChI is InChI=1S/C11H10N2O3S/c1-8-11(17-7-12-8)10(16-13(14)15)9-5-3-2-4-6-9/h2-7,10H,1H3. The maximum absolute atomic E-state index is 10.6. The van der Waals surface area contributed by atoms with Gasteiger partial charge in [-0.1, -0.05) is 30.3 Å². The van der Waals surface area contributed by atoms with Crippen molar-refractivity contribution in [3.8, 4) is 0 Å². The van der Waals surface area contributed by atoms with Gasteiger partial charge in [0.15, 0.2) is 6.10 Å². The van der Waals surface area contributed by atoms with E-state index in [9.17, 15) is 10.1 Å². The molecule has 88 valence electrons. The highest BCUT2D eigenvalue weighted by Gasteiger charge is 2.21. The van der Waals surface area contributed by atoms with Gasteiger partial charge < -0.3 is 4.84 Å². The number of hydrogen-bond donors (Lipinski definition) is 0. The first kappa shape index (κ1) is 11.5. The maximum Gasteiger partial charge on any atom is 0.295 e. The second-order valence-electron chi connectivity index (χ2n) is 3.42. The van der Waals surface area contributed by atoms with E-state index in [-0.39, 0.29) is 0 Å². The van der Waals surface area contributed by atoms with Crippen molar-refractivity contribution in [2.75, 3.05) is 0 Å². The number of aryl methyl sites for hydroxylation is 1. The Hall–Kier alpha value is -1.95. The van der Waals surface area contributed by atoms with Crippen LogP contribution in [0.2, 0.25) is 0 Å². The van der Waals surface area contributed by atoms with Gasteiger partial charge in [-0.05, 0) is 12.5 Å². The van der Waals surface area contributed by atoms with Crippen molar-refractivity contribution in [2.24, 2.45) is 0 Å². The predicted molar refractivity (Wildman–Crippen MR) is 63.2 cm³/mol. The molecule has 6 heteroatoms. The molecule has 0 aliphatic carbocycles. The average Bonchev–Trinajstić information content (AvgIpc) is 2.73. The molecule has 2 aromatic rings. The van der Waals surface area contributed by atoms with E-state index in [1.165, 1.54) is 11.3 Å². The smallest absolute Gasteiger partial charge is 0.295 e. The van der Waals surface area contributed by atoms with Crippen molar-refractivity contribution in [3.63, 3.8) is 0 Å². The molecule has 1 atom stereocenters. The van der Waals surface area contributed by atoms with E-state index >= 15 is 0 Å². The zero-order valence-electron chi connectivity index (χ0n) is 9.07. The first-order chi connectivity index (χ1) is 8.18. The monoisotopic (exact) mass is 250 g/mol. The molecular formula is C11H10N2O3S. The molecule has 5 nitrogen and oxygen atoms in total. The van der Waals surface area contributed by atoms with Crippen molar-refractivity contribution in [3.05, 3.63) is 62.1 Å². The van der Waals surface area contributed by atoms with Crippen LogP contribution in [0.1, 0.15) is 22.2 Å². The van der Waals surface area contributed by atoms with E-state index in [1.54, 1.807) is 17.6 Å². The lowest BCUT2D eigenvalue weighted by Crippen LogP contribution is -2.10. The molecule has 0 radical (unpaired) electrons. The van der Waals surface area contributed by atoms with Crippen LogP contribution >= 0.6 is 11.3 Å². The van der Waals surface area contributed by atoms with E-state index in [0.29, 0.717) is 0 Å². The topological polar surface area (TPSA) is 65.3 Å². The number of thiazole rings is 1. The molecule has 1 aromatic carbocycles. The molecule has 0 bridgehead atoms. The molecule has 1 aromatic heterocycles. The number of benzene rings is 1. The van der Waals surface area contributed by atoms with Gasteiger partial charge in [0.25, 0.3) is 5.09 Å². The molecule has 0 aliphatic rings. The second kappa shape index (κ2) is 4.92.